The van der Waals surface area contributed by atoms with Crippen LogP contribution in [0.5, 0.6) is 0 Å². The molecule has 2 fully saturated rings. The number of amides is 1. The molecule has 2 aromatic rings. The number of carbonyl (C=O) groups excluding carboxylic acids is 1. The van der Waals surface area contributed by atoms with Crippen molar-refractivity contribution >= 4 is 5.91 Å². The monoisotopic (exact) mass is 310 g/mol. The van der Waals surface area contributed by atoms with E-state index in [9.17, 15) is 4.79 Å². The first-order valence-electron chi connectivity index (χ1n) is 8.51. The van der Waals surface area contributed by atoms with Crippen LogP contribution in [0.4, 0.5) is 0 Å². The van der Waals surface area contributed by atoms with Crippen LogP contribution in [-0.2, 0) is 11.3 Å². The molecule has 4 rings (SSSR count). The lowest BCUT2D eigenvalue weighted by Gasteiger charge is -2.36. The van der Waals surface area contributed by atoms with Gasteiger partial charge in [-0.2, -0.15) is 5.10 Å². The highest BCUT2D eigenvalue weighted by Crippen LogP contribution is 2.48. The summed E-state index contributed by atoms with van der Waals surface area (Å²) >= 11 is 0. The molecule has 3 atom stereocenters. The Morgan fingerprint density at radius 2 is 2.22 bits per heavy atom. The minimum atomic E-state index is 0.150. The van der Waals surface area contributed by atoms with E-state index in [2.05, 4.69) is 21.0 Å². The lowest BCUT2D eigenvalue weighted by molar-refractivity contribution is -0.136. The maximum absolute atomic E-state index is 13.0. The Labute approximate surface area is 136 Å². The summed E-state index contributed by atoms with van der Waals surface area (Å²) in [5.41, 5.74) is 1.20. The Morgan fingerprint density at radius 3 is 3.00 bits per heavy atom. The largest absolute Gasteiger partial charge is 0.338 e. The quantitative estimate of drug-likeness (QED) is 0.871. The van der Waals surface area contributed by atoms with Crippen molar-refractivity contribution in [2.24, 2.45) is 5.92 Å². The van der Waals surface area contributed by atoms with Gasteiger partial charge in [0, 0.05) is 37.3 Å². The fourth-order valence-corrected chi connectivity index (χ4v) is 3.75. The zero-order valence-electron chi connectivity index (χ0n) is 13.2. The van der Waals surface area contributed by atoms with Gasteiger partial charge >= 0.3 is 0 Å². The molecular formula is C18H22N4O. The van der Waals surface area contributed by atoms with Crippen LogP contribution in [-0.4, -0.2) is 38.2 Å². The molecule has 3 heterocycles. The molecule has 120 valence electrons. The second-order valence-electron chi connectivity index (χ2n) is 6.64. The first-order chi connectivity index (χ1) is 11.3. The molecule has 0 spiro atoms. The minimum Gasteiger partial charge on any atom is -0.338 e. The van der Waals surface area contributed by atoms with Crippen LogP contribution in [0, 0.1) is 5.92 Å². The van der Waals surface area contributed by atoms with Gasteiger partial charge in [0.05, 0.1) is 12.6 Å². The fraction of sp³-hybridized carbons (Fsp3) is 0.500. The van der Waals surface area contributed by atoms with Crippen LogP contribution in [0.25, 0.3) is 0 Å². The van der Waals surface area contributed by atoms with Crippen molar-refractivity contribution < 1.29 is 4.79 Å². The van der Waals surface area contributed by atoms with Crippen LogP contribution in [0.15, 0.2) is 43.0 Å². The molecular weight excluding hydrogens is 288 g/mol. The number of piperidine rings is 1. The Bertz CT molecular complexity index is 655. The highest BCUT2D eigenvalue weighted by molar-refractivity contribution is 5.83. The maximum atomic E-state index is 13.0. The van der Waals surface area contributed by atoms with E-state index in [0.29, 0.717) is 11.8 Å². The SMILES string of the molecule is O=C([C@@H]1C[C@H]1c1cccnc1)N1CCCC[C@@H]1Cn1cccn1. The van der Waals surface area contributed by atoms with Gasteiger partial charge in [0.25, 0.3) is 0 Å². The molecule has 0 radical (unpaired) electrons. The molecule has 23 heavy (non-hydrogen) atoms. The van der Waals surface area contributed by atoms with E-state index in [-0.39, 0.29) is 12.0 Å². The predicted octanol–water partition coefficient (Wildman–Crippen LogP) is 2.46. The van der Waals surface area contributed by atoms with Crippen molar-refractivity contribution in [3.63, 3.8) is 0 Å². The molecule has 0 N–H and O–H groups in total. The van der Waals surface area contributed by atoms with Crippen LogP contribution in [0.1, 0.15) is 37.2 Å². The van der Waals surface area contributed by atoms with E-state index < -0.39 is 0 Å². The lowest BCUT2D eigenvalue weighted by Crippen LogP contribution is -2.46. The number of nitrogens with zero attached hydrogens (tertiary/aromatic N) is 4. The molecule has 2 aromatic heterocycles. The standard InChI is InChI=1S/C18H22N4O/c23-18(17-11-16(17)14-5-3-7-19-12-14)22-10-2-1-6-15(22)13-21-9-4-8-20-21/h3-5,7-9,12,15-17H,1-2,6,10-11,13H2/t15-,16+,17-/m1/s1. The van der Waals surface area contributed by atoms with Gasteiger partial charge in [0.2, 0.25) is 5.91 Å². The van der Waals surface area contributed by atoms with Crippen molar-refractivity contribution in [2.45, 2.75) is 44.2 Å². The second kappa shape index (κ2) is 6.14. The first kappa shape index (κ1) is 14.4. The number of carbonyl (C=O) groups is 1. The highest BCUT2D eigenvalue weighted by atomic mass is 16.2. The van der Waals surface area contributed by atoms with Crippen LogP contribution >= 0.6 is 0 Å². The topological polar surface area (TPSA) is 51.0 Å². The van der Waals surface area contributed by atoms with Crippen LogP contribution in [0.2, 0.25) is 0 Å². The summed E-state index contributed by atoms with van der Waals surface area (Å²) in [4.78, 5) is 19.3. The van der Waals surface area contributed by atoms with E-state index in [1.807, 2.05) is 29.2 Å². The molecule has 5 nitrogen and oxygen atoms in total. The van der Waals surface area contributed by atoms with Crippen molar-refractivity contribution in [3.05, 3.63) is 48.5 Å². The molecule has 1 saturated carbocycles. The van der Waals surface area contributed by atoms with Crippen molar-refractivity contribution in [1.29, 1.82) is 0 Å². The van der Waals surface area contributed by atoms with Gasteiger partial charge in [0.1, 0.15) is 0 Å². The minimum absolute atomic E-state index is 0.150. The van der Waals surface area contributed by atoms with Gasteiger partial charge in [-0.25, -0.2) is 0 Å². The van der Waals surface area contributed by atoms with Crippen molar-refractivity contribution in [1.82, 2.24) is 19.7 Å². The predicted molar refractivity (Wildman–Crippen MR) is 86.7 cm³/mol. The van der Waals surface area contributed by atoms with Gasteiger partial charge < -0.3 is 4.90 Å². The van der Waals surface area contributed by atoms with E-state index in [4.69, 9.17) is 0 Å². The van der Waals surface area contributed by atoms with E-state index in [1.165, 1.54) is 12.0 Å². The molecule has 0 bridgehead atoms. The summed E-state index contributed by atoms with van der Waals surface area (Å²) in [6.45, 7) is 1.70. The first-order valence-corrected chi connectivity index (χ1v) is 8.51. The fourth-order valence-electron chi connectivity index (χ4n) is 3.75. The third kappa shape index (κ3) is 3.00. The number of aromatic nitrogens is 3. The zero-order chi connectivity index (χ0) is 15.6. The van der Waals surface area contributed by atoms with Gasteiger partial charge in [-0.05, 0) is 49.3 Å². The molecule has 1 amide bonds. The Balaban J connectivity index is 1.44. The number of hydrogen-bond acceptors (Lipinski definition) is 3. The summed E-state index contributed by atoms with van der Waals surface area (Å²) < 4.78 is 1.95. The number of likely N-dealkylation sites (tertiary alicyclic amines) is 1. The normalized spacial score (nSPS) is 27.0. The summed E-state index contributed by atoms with van der Waals surface area (Å²) in [5, 5.41) is 4.30. The van der Waals surface area contributed by atoms with E-state index in [0.717, 1.165) is 32.4 Å². The summed E-state index contributed by atoms with van der Waals surface area (Å²) in [5.74, 6) is 0.844. The third-order valence-electron chi connectivity index (χ3n) is 5.09. The molecule has 0 aromatic carbocycles. The number of hydrogen-bond donors (Lipinski definition) is 0. The van der Waals surface area contributed by atoms with Crippen molar-refractivity contribution in [3.8, 4) is 0 Å². The molecule has 1 aliphatic heterocycles. The Morgan fingerprint density at radius 1 is 1.26 bits per heavy atom. The molecule has 1 saturated heterocycles. The van der Waals surface area contributed by atoms with Gasteiger partial charge in [0.15, 0.2) is 0 Å². The lowest BCUT2D eigenvalue weighted by atomic mass is 10.0. The molecule has 5 heteroatoms. The van der Waals surface area contributed by atoms with Crippen LogP contribution < -0.4 is 0 Å². The Kier molecular flexibility index (Phi) is 3.85. The molecule has 0 unspecified atom stereocenters. The molecule has 1 aliphatic carbocycles. The summed E-state index contributed by atoms with van der Waals surface area (Å²) in [7, 11) is 0. The summed E-state index contributed by atoms with van der Waals surface area (Å²) in [6.07, 6.45) is 11.8. The van der Waals surface area contributed by atoms with Gasteiger partial charge in [-0.15, -0.1) is 0 Å². The van der Waals surface area contributed by atoms with Gasteiger partial charge in [-0.3, -0.25) is 14.5 Å². The zero-order valence-corrected chi connectivity index (χ0v) is 13.2. The maximum Gasteiger partial charge on any atom is 0.226 e. The average molecular weight is 310 g/mol. The van der Waals surface area contributed by atoms with E-state index >= 15 is 0 Å². The average Bonchev–Trinajstić information content (AvgIpc) is 3.25. The van der Waals surface area contributed by atoms with Gasteiger partial charge in [-0.1, -0.05) is 6.07 Å². The summed E-state index contributed by atoms with van der Waals surface area (Å²) in [6, 6.07) is 6.26. The Hall–Kier alpha value is -2.17. The molecule has 2 aliphatic rings. The number of pyridine rings is 1. The second-order valence-corrected chi connectivity index (χ2v) is 6.64. The van der Waals surface area contributed by atoms with Crippen molar-refractivity contribution in [2.75, 3.05) is 6.54 Å². The smallest absolute Gasteiger partial charge is 0.226 e. The number of rotatable bonds is 4. The van der Waals surface area contributed by atoms with E-state index in [1.54, 1.807) is 12.4 Å². The third-order valence-corrected chi connectivity index (χ3v) is 5.09. The van der Waals surface area contributed by atoms with Crippen LogP contribution in [0.3, 0.4) is 0 Å². The highest BCUT2D eigenvalue weighted by Gasteiger charge is 2.47.